The molecule has 0 N–H and O–H groups in total. The summed E-state index contributed by atoms with van der Waals surface area (Å²) in [5.41, 5.74) is 2.08. The molecule has 1 aliphatic rings. The van der Waals surface area contributed by atoms with E-state index in [1.807, 2.05) is 0 Å². The Bertz CT molecular complexity index is 142. The van der Waals surface area contributed by atoms with Crippen molar-refractivity contribution in [3.8, 4) is 0 Å². The number of hydrogen-bond acceptors (Lipinski definition) is 0. The van der Waals surface area contributed by atoms with Crippen molar-refractivity contribution in [1.82, 2.24) is 0 Å². The SMILES string of the molecule is CCC[Si](CCC)(CCC)[C]1CCCC1. The summed E-state index contributed by atoms with van der Waals surface area (Å²) in [4.78, 5) is 0. The van der Waals surface area contributed by atoms with Gasteiger partial charge in [-0.05, 0) is 18.4 Å². The van der Waals surface area contributed by atoms with Gasteiger partial charge in [-0.15, -0.1) is 0 Å². The molecule has 1 heteroatoms. The highest BCUT2D eigenvalue weighted by Gasteiger charge is 2.39. The zero-order valence-corrected chi connectivity index (χ0v) is 12.1. The smallest absolute Gasteiger partial charge is 0.0600 e. The summed E-state index contributed by atoms with van der Waals surface area (Å²) in [5.74, 6) is 0. The summed E-state index contributed by atoms with van der Waals surface area (Å²) >= 11 is 0. The van der Waals surface area contributed by atoms with Crippen molar-refractivity contribution in [2.45, 2.75) is 83.8 Å². The third-order valence-electron chi connectivity index (χ3n) is 4.14. The minimum atomic E-state index is -0.946. The van der Waals surface area contributed by atoms with Crippen LogP contribution >= 0.6 is 0 Å². The molecule has 0 saturated heterocycles. The summed E-state index contributed by atoms with van der Waals surface area (Å²) in [5, 5.41) is 0. The molecule has 1 rings (SSSR count). The fraction of sp³-hybridized carbons (Fsp3) is 0.929. The maximum absolute atomic E-state index is 2.39. The number of hydrogen-bond donors (Lipinski definition) is 0. The van der Waals surface area contributed by atoms with Crippen LogP contribution in [0.5, 0.6) is 0 Å². The van der Waals surface area contributed by atoms with Gasteiger partial charge in [0.1, 0.15) is 0 Å². The highest BCUT2D eigenvalue weighted by molar-refractivity contribution is 6.85. The van der Waals surface area contributed by atoms with Crippen LogP contribution in [0.15, 0.2) is 0 Å². The van der Waals surface area contributed by atoms with Crippen molar-refractivity contribution < 1.29 is 0 Å². The van der Waals surface area contributed by atoms with E-state index in [0.29, 0.717) is 0 Å². The van der Waals surface area contributed by atoms with Crippen molar-refractivity contribution in [3.63, 3.8) is 0 Å². The Balaban J connectivity index is 2.68. The van der Waals surface area contributed by atoms with Gasteiger partial charge in [0.15, 0.2) is 0 Å². The normalized spacial score (nSPS) is 18.6. The third-order valence-corrected chi connectivity index (χ3v) is 10.5. The third kappa shape index (κ3) is 3.34. The van der Waals surface area contributed by atoms with Gasteiger partial charge in [0.25, 0.3) is 0 Å². The highest BCUT2D eigenvalue weighted by atomic mass is 28.3. The molecule has 0 unspecified atom stereocenters. The van der Waals surface area contributed by atoms with Crippen LogP contribution in [-0.4, -0.2) is 8.07 Å². The lowest BCUT2D eigenvalue weighted by atomic mass is 10.4. The van der Waals surface area contributed by atoms with E-state index in [2.05, 4.69) is 26.3 Å². The van der Waals surface area contributed by atoms with Crippen LogP contribution in [0.2, 0.25) is 18.1 Å². The van der Waals surface area contributed by atoms with E-state index in [1.165, 1.54) is 44.9 Å². The largest absolute Gasteiger partial charge is 0.0656 e. The van der Waals surface area contributed by atoms with Crippen LogP contribution in [-0.2, 0) is 0 Å². The second kappa shape index (κ2) is 6.73. The van der Waals surface area contributed by atoms with Gasteiger partial charge in [0.2, 0.25) is 0 Å². The van der Waals surface area contributed by atoms with Crippen molar-refractivity contribution in [3.05, 3.63) is 5.54 Å². The van der Waals surface area contributed by atoms with Gasteiger partial charge in [0, 0.05) is 0 Å². The predicted molar refractivity (Wildman–Crippen MR) is 72.8 cm³/mol. The zero-order chi connectivity index (χ0) is 11.1. The van der Waals surface area contributed by atoms with Crippen molar-refractivity contribution in [2.75, 3.05) is 0 Å². The first-order chi connectivity index (χ1) is 7.29. The molecule has 0 atom stereocenters. The van der Waals surface area contributed by atoms with Crippen LogP contribution in [0.25, 0.3) is 0 Å². The first-order valence-corrected chi connectivity index (χ1v) is 9.76. The second-order valence-corrected chi connectivity index (χ2v) is 10.1. The second-order valence-electron chi connectivity index (χ2n) is 5.34. The molecule has 1 saturated carbocycles. The van der Waals surface area contributed by atoms with E-state index in [4.69, 9.17) is 0 Å². The quantitative estimate of drug-likeness (QED) is 0.512. The van der Waals surface area contributed by atoms with Crippen LogP contribution in [0.3, 0.4) is 0 Å². The van der Waals surface area contributed by atoms with Gasteiger partial charge < -0.3 is 0 Å². The lowest BCUT2D eigenvalue weighted by Gasteiger charge is -2.37. The molecule has 0 nitrogen and oxygen atoms in total. The molecule has 89 valence electrons. The molecule has 0 aliphatic heterocycles. The maximum atomic E-state index is 2.39. The van der Waals surface area contributed by atoms with Gasteiger partial charge in [-0.3, -0.25) is 0 Å². The monoisotopic (exact) mass is 225 g/mol. The van der Waals surface area contributed by atoms with E-state index in [0.717, 1.165) is 0 Å². The van der Waals surface area contributed by atoms with E-state index >= 15 is 0 Å². The Kier molecular flexibility index (Phi) is 5.96. The Morgan fingerprint density at radius 2 is 1.20 bits per heavy atom. The van der Waals surface area contributed by atoms with Gasteiger partial charge >= 0.3 is 0 Å². The maximum Gasteiger partial charge on any atom is 0.0600 e. The molecule has 0 aromatic carbocycles. The summed E-state index contributed by atoms with van der Waals surface area (Å²) in [6.07, 6.45) is 10.3. The molecule has 0 aromatic rings. The summed E-state index contributed by atoms with van der Waals surface area (Å²) < 4.78 is 0. The van der Waals surface area contributed by atoms with Crippen LogP contribution in [0.1, 0.15) is 65.7 Å². The Morgan fingerprint density at radius 3 is 1.53 bits per heavy atom. The minimum Gasteiger partial charge on any atom is -0.0656 e. The Hall–Kier alpha value is 0.217. The molecule has 0 spiro atoms. The molecule has 1 radical (unpaired) electrons. The molecular formula is C14H29Si. The van der Waals surface area contributed by atoms with Crippen LogP contribution < -0.4 is 0 Å². The van der Waals surface area contributed by atoms with Crippen molar-refractivity contribution in [1.29, 1.82) is 0 Å². The Labute approximate surface area is 97.9 Å². The predicted octanol–water partition coefficient (Wildman–Crippen LogP) is 5.35. The fourth-order valence-corrected chi connectivity index (χ4v) is 9.77. The minimum absolute atomic E-state index is 0.946. The lowest BCUT2D eigenvalue weighted by molar-refractivity contribution is 0.874. The summed E-state index contributed by atoms with van der Waals surface area (Å²) in [6, 6.07) is 4.76. The molecule has 1 fully saturated rings. The molecule has 15 heavy (non-hydrogen) atoms. The van der Waals surface area contributed by atoms with E-state index in [9.17, 15) is 0 Å². The molecular weight excluding hydrogens is 196 g/mol. The van der Waals surface area contributed by atoms with Crippen molar-refractivity contribution >= 4 is 8.07 Å². The molecule has 0 amide bonds. The first kappa shape index (κ1) is 13.3. The average Bonchev–Trinajstić information content (AvgIpc) is 2.72. The van der Waals surface area contributed by atoms with Crippen molar-refractivity contribution in [2.24, 2.45) is 0 Å². The standard InChI is InChI=1S/C14H29Si/c1-4-11-15(12-5-2,13-6-3)14-9-7-8-10-14/h4-13H2,1-3H3. The topological polar surface area (TPSA) is 0 Å². The molecule has 0 aromatic heterocycles. The van der Waals surface area contributed by atoms with Gasteiger partial charge in [-0.25, -0.2) is 0 Å². The van der Waals surface area contributed by atoms with E-state index < -0.39 is 8.07 Å². The number of rotatable bonds is 7. The zero-order valence-electron chi connectivity index (χ0n) is 11.1. The van der Waals surface area contributed by atoms with E-state index in [-0.39, 0.29) is 0 Å². The highest BCUT2D eigenvalue weighted by Crippen LogP contribution is 2.43. The summed E-state index contributed by atoms with van der Waals surface area (Å²) in [6.45, 7) is 7.17. The van der Waals surface area contributed by atoms with Crippen LogP contribution in [0, 0.1) is 5.54 Å². The van der Waals surface area contributed by atoms with Gasteiger partial charge in [-0.2, -0.15) is 0 Å². The molecule has 0 heterocycles. The lowest BCUT2D eigenvalue weighted by Crippen LogP contribution is -2.40. The summed E-state index contributed by atoms with van der Waals surface area (Å²) in [7, 11) is -0.946. The Morgan fingerprint density at radius 1 is 0.800 bits per heavy atom. The van der Waals surface area contributed by atoms with Gasteiger partial charge in [-0.1, -0.05) is 71.0 Å². The fourth-order valence-electron chi connectivity index (χ4n) is 3.67. The average molecular weight is 225 g/mol. The van der Waals surface area contributed by atoms with E-state index in [1.54, 1.807) is 18.1 Å². The van der Waals surface area contributed by atoms with Gasteiger partial charge in [0.05, 0.1) is 8.07 Å². The molecule has 1 aliphatic carbocycles. The first-order valence-electron chi connectivity index (χ1n) is 7.14. The molecule has 0 bridgehead atoms. The van der Waals surface area contributed by atoms with Crippen LogP contribution in [0.4, 0.5) is 0 Å².